The van der Waals surface area contributed by atoms with Crippen LogP contribution in [0.1, 0.15) is 114 Å². The maximum absolute atomic E-state index is 14.0. The number of carbonyl (C=O) groups excluding carboxylic acids is 7. The average molecular weight is 937 g/mol. The van der Waals surface area contributed by atoms with E-state index in [1.54, 1.807) is 12.1 Å². The highest BCUT2D eigenvalue weighted by molar-refractivity contribution is 5.94. The number of aliphatic carboxylic acids is 3. The van der Waals surface area contributed by atoms with Crippen LogP contribution in [0.2, 0.25) is 0 Å². The van der Waals surface area contributed by atoms with Gasteiger partial charge in [-0.3, -0.25) is 43.2 Å². The van der Waals surface area contributed by atoms with Crippen LogP contribution in [0.5, 0.6) is 0 Å². The number of unbranched alkanes of at least 4 members (excludes halogenated alkanes) is 5. The minimum atomic E-state index is -1.33. The number of hydrogen-bond donors (Lipinski definition) is 9. The molecule has 10 N–H and O–H groups in total. The Morgan fingerprint density at radius 2 is 1.13 bits per heavy atom. The number of benzene rings is 2. The molecule has 0 saturated heterocycles. The van der Waals surface area contributed by atoms with Gasteiger partial charge in [-0.1, -0.05) is 86.3 Å². The molecule has 67 heavy (non-hydrogen) atoms. The summed E-state index contributed by atoms with van der Waals surface area (Å²) < 4.78 is 0. The average Bonchev–Trinajstić information content (AvgIpc) is 3.28. The second-order valence-corrected chi connectivity index (χ2v) is 16.7. The fourth-order valence-corrected chi connectivity index (χ4v) is 7.13. The van der Waals surface area contributed by atoms with E-state index >= 15 is 0 Å². The number of carboxylic acids is 3. The zero-order valence-corrected chi connectivity index (χ0v) is 38.3. The van der Waals surface area contributed by atoms with E-state index < -0.39 is 77.9 Å². The number of ketones is 3. The first-order valence-corrected chi connectivity index (χ1v) is 22.9. The molecule has 2 rings (SSSR count). The predicted octanol–water partition coefficient (Wildman–Crippen LogP) is 3.25. The summed E-state index contributed by atoms with van der Waals surface area (Å²) in [4.78, 5) is 123. The van der Waals surface area contributed by atoms with E-state index in [0.29, 0.717) is 19.3 Å². The van der Waals surface area contributed by atoms with Gasteiger partial charge >= 0.3 is 23.9 Å². The van der Waals surface area contributed by atoms with Gasteiger partial charge in [0.15, 0.2) is 11.6 Å². The molecule has 19 nitrogen and oxygen atoms in total. The third-order valence-corrected chi connectivity index (χ3v) is 11.0. The van der Waals surface area contributed by atoms with Crippen molar-refractivity contribution in [2.24, 2.45) is 17.6 Å². The summed E-state index contributed by atoms with van der Waals surface area (Å²) >= 11 is 0. The highest BCUT2D eigenvalue weighted by atomic mass is 16.4. The van der Waals surface area contributed by atoms with Crippen LogP contribution in [0.15, 0.2) is 60.7 Å². The fourth-order valence-electron chi connectivity index (χ4n) is 7.13. The molecule has 0 aliphatic rings. The first-order valence-electron chi connectivity index (χ1n) is 22.9. The zero-order chi connectivity index (χ0) is 49.6. The predicted molar refractivity (Wildman–Crippen MR) is 246 cm³/mol. The van der Waals surface area contributed by atoms with Crippen LogP contribution < -0.4 is 32.3 Å². The van der Waals surface area contributed by atoms with Crippen molar-refractivity contribution in [2.45, 2.75) is 134 Å². The molecule has 5 atom stereocenters. The molecule has 2 aromatic rings. The van der Waals surface area contributed by atoms with Gasteiger partial charge in [-0.05, 0) is 63.0 Å². The summed E-state index contributed by atoms with van der Waals surface area (Å²) in [5.41, 5.74) is 7.57. The van der Waals surface area contributed by atoms with Gasteiger partial charge in [0.2, 0.25) is 17.7 Å². The van der Waals surface area contributed by atoms with Crippen LogP contribution in [-0.2, 0) is 56.0 Å². The second-order valence-electron chi connectivity index (χ2n) is 16.7. The summed E-state index contributed by atoms with van der Waals surface area (Å²) in [6, 6.07) is 14.1. The molecule has 0 fully saturated rings. The summed E-state index contributed by atoms with van der Waals surface area (Å²) in [7, 11) is 0. The largest absolute Gasteiger partial charge is 0.481 e. The van der Waals surface area contributed by atoms with Crippen LogP contribution >= 0.6 is 0 Å². The molecule has 0 aliphatic heterocycles. The monoisotopic (exact) mass is 936 g/mol. The van der Waals surface area contributed by atoms with Crippen molar-refractivity contribution >= 4 is 59.0 Å². The molecule has 0 spiro atoms. The zero-order valence-electron chi connectivity index (χ0n) is 38.3. The number of nitrogens with one attached hydrogen (secondary N) is 5. The number of nitrogens with two attached hydrogens (primary N) is 1. The van der Waals surface area contributed by atoms with Crippen molar-refractivity contribution in [3.63, 3.8) is 0 Å². The van der Waals surface area contributed by atoms with E-state index in [9.17, 15) is 53.1 Å². The lowest BCUT2D eigenvalue weighted by Gasteiger charge is -2.23. The normalized spacial score (nSPS) is 13.1. The molecule has 5 amide bonds. The van der Waals surface area contributed by atoms with Gasteiger partial charge in [0.25, 0.3) is 0 Å². The van der Waals surface area contributed by atoms with Crippen LogP contribution in [0.4, 0.5) is 4.79 Å². The van der Waals surface area contributed by atoms with Gasteiger partial charge in [-0.25, -0.2) is 4.79 Å². The first kappa shape index (κ1) is 56.6. The smallest absolute Gasteiger partial charge is 0.314 e. The summed E-state index contributed by atoms with van der Waals surface area (Å²) in [6.45, 7) is 1.05. The van der Waals surface area contributed by atoms with Gasteiger partial charge in [-0.2, -0.15) is 0 Å². The fraction of sp³-hybridized carbons (Fsp3) is 0.542. The Bertz CT molecular complexity index is 1930. The lowest BCUT2D eigenvalue weighted by atomic mass is 9.89. The summed E-state index contributed by atoms with van der Waals surface area (Å²) in [5, 5.41) is 40.2. The van der Waals surface area contributed by atoms with Crippen molar-refractivity contribution < 1.29 is 63.3 Å². The highest BCUT2D eigenvalue weighted by Crippen LogP contribution is 2.18. The molecule has 0 radical (unpaired) electrons. The Kier molecular flexibility index (Phi) is 27.2. The third kappa shape index (κ3) is 25.7. The molecule has 19 heteroatoms. The van der Waals surface area contributed by atoms with Gasteiger partial charge in [0.1, 0.15) is 11.8 Å². The van der Waals surface area contributed by atoms with Gasteiger partial charge < -0.3 is 47.6 Å². The van der Waals surface area contributed by atoms with Crippen molar-refractivity contribution in [1.82, 2.24) is 26.6 Å². The van der Waals surface area contributed by atoms with Crippen LogP contribution in [0.3, 0.4) is 0 Å². The maximum Gasteiger partial charge on any atom is 0.314 e. The number of rotatable bonds is 36. The molecule has 2 aromatic carbocycles. The number of Topliss-reactive ketones (excluding diaryl/α,β-unsaturated/α-hetero) is 3. The quantitative estimate of drug-likeness (QED) is 0.0443. The minimum Gasteiger partial charge on any atom is -0.481 e. The number of carboxylic acid groups (broad SMARTS) is 3. The molecule has 0 bridgehead atoms. The Morgan fingerprint density at radius 3 is 1.72 bits per heavy atom. The van der Waals surface area contributed by atoms with Gasteiger partial charge in [0.05, 0.1) is 24.4 Å². The van der Waals surface area contributed by atoms with Crippen LogP contribution in [0.25, 0.3) is 0 Å². The number of hydrogen-bond acceptors (Lipinski definition) is 11. The topological polar surface area (TPSA) is 318 Å². The summed E-state index contributed by atoms with van der Waals surface area (Å²) in [6.07, 6.45) is 4.94. The SMILES string of the molecule is CC(=O)[C@H](CC(=O)O)NC(=O)[C@@H](N)CNC(=O)[C@@H](CC(=O)[C@H](Cc1ccccc1)NC(=O)CCCCCCCCC(=O)CC[C@H](CCNC(=O)NCCCC(=O)O)C(=O)O)Cc1ccccc1. The van der Waals surface area contributed by atoms with E-state index in [4.69, 9.17) is 15.9 Å². The molecular formula is C48H68N6O13. The maximum atomic E-state index is 14.0. The lowest BCUT2D eigenvalue weighted by molar-refractivity contribution is -0.142. The number of carbonyl (C=O) groups is 10. The van der Waals surface area contributed by atoms with Crippen molar-refractivity contribution in [3.05, 3.63) is 71.8 Å². The van der Waals surface area contributed by atoms with E-state index in [1.165, 1.54) is 0 Å². The van der Waals surface area contributed by atoms with E-state index in [-0.39, 0.29) is 94.9 Å². The van der Waals surface area contributed by atoms with Gasteiger partial charge in [-0.15, -0.1) is 0 Å². The highest BCUT2D eigenvalue weighted by Gasteiger charge is 2.30. The Morgan fingerprint density at radius 1 is 0.552 bits per heavy atom. The van der Waals surface area contributed by atoms with Crippen molar-refractivity contribution in [2.75, 3.05) is 19.6 Å². The van der Waals surface area contributed by atoms with Crippen molar-refractivity contribution in [3.8, 4) is 0 Å². The Labute approximate surface area is 391 Å². The van der Waals surface area contributed by atoms with E-state index in [2.05, 4.69) is 26.6 Å². The van der Waals surface area contributed by atoms with Gasteiger partial charge in [0, 0.05) is 57.7 Å². The van der Waals surface area contributed by atoms with Crippen molar-refractivity contribution in [1.29, 1.82) is 0 Å². The standard InChI is InChI=1S/C48H68N6O13/c1-32(55)39(30-44(61)62)54-46(64)38(49)31-52-45(63)36(27-33-15-8-6-9-16-33)29-41(57)40(28-34-17-10-7-11-18-34)53-42(58)20-13-5-3-2-4-12-19-37(56)23-22-35(47(65)66)24-26-51-48(67)50-25-14-21-43(59)60/h6-11,15-18,35-36,38-40H,2-5,12-14,19-31,49H2,1H3,(H,52,63)(H,53,58)(H,54,64)(H,59,60)(H,61,62)(H,65,66)(H2,50,51,67)/t35-,36-,38+,39+,40+/m1/s1. The number of amides is 5. The van der Waals surface area contributed by atoms with Crippen LogP contribution in [0, 0.1) is 11.8 Å². The Hall–Kier alpha value is -6.50. The van der Waals surface area contributed by atoms with E-state index in [1.807, 2.05) is 48.5 Å². The Balaban J connectivity index is 1.86. The summed E-state index contributed by atoms with van der Waals surface area (Å²) in [5.74, 6) is -7.71. The molecular weight excluding hydrogens is 869 g/mol. The molecule has 0 heterocycles. The second kappa shape index (κ2) is 32.2. The first-order chi connectivity index (χ1) is 31.9. The lowest BCUT2D eigenvalue weighted by Crippen LogP contribution is -2.53. The molecule has 0 aromatic heterocycles. The van der Waals surface area contributed by atoms with E-state index in [0.717, 1.165) is 43.7 Å². The van der Waals surface area contributed by atoms with Crippen LogP contribution in [-0.4, -0.2) is 112 Å². The molecule has 0 unspecified atom stereocenters. The molecule has 0 aliphatic carbocycles. The molecule has 368 valence electrons. The minimum absolute atomic E-state index is 0.0385. The molecule has 0 saturated carbocycles. The number of urea groups is 1. The third-order valence-electron chi connectivity index (χ3n) is 11.0.